The molecule has 3 heterocycles. The van der Waals surface area contributed by atoms with Gasteiger partial charge in [-0.2, -0.15) is 0 Å². The third kappa shape index (κ3) is 3.20. The SMILES string of the molecule is CC(C)N1CCC(N2CCN(c3ccc4c(=O)n(C)cnc4c3)CC2)C1=O. The van der Waals surface area contributed by atoms with Gasteiger partial charge in [0.25, 0.3) is 5.56 Å². The van der Waals surface area contributed by atoms with Crippen LogP contribution in [0.2, 0.25) is 0 Å². The summed E-state index contributed by atoms with van der Waals surface area (Å²) in [5.74, 6) is 0.282. The Labute approximate surface area is 159 Å². The van der Waals surface area contributed by atoms with Gasteiger partial charge in [-0.05, 0) is 38.5 Å². The molecule has 27 heavy (non-hydrogen) atoms. The maximum absolute atomic E-state index is 12.6. The van der Waals surface area contributed by atoms with Crippen molar-refractivity contribution >= 4 is 22.5 Å². The van der Waals surface area contributed by atoms with Crippen LogP contribution in [0.5, 0.6) is 0 Å². The summed E-state index contributed by atoms with van der Waals surface area (Å²) in [5.41, 5.74) is 1.80. The van der Waals surface area contributed by atoms with Gasteiger partial charge in [-0.1, -0.05) is 0 Å². The second kappa shape index (κ2) is 6.96. The van der Waals surface area contributed by atoms with Crippen molar-refractivity contribution in [3.63, 3.8) is 0 Å². The van der Waals surface area contributed by atoms with E-state index in [2.05, 4.69) is 28.6 Å². The van der Waals surface area contributed by atoms with Gasteiger partial charge in [0.2, 0.25) is 5.91 Å². The summed E-state index contributed by atoms with van der Waals surface area (Å²) in [7, 11) is 1.71. The number of hydrogen-bond acceptors (Lipinski definition) is 5. The summed E-state index contributed by atoms with van der Waals surface area (Å²) in [5, 5.41) is 0.646. The van der Waals surface area contributed by atoms with E-state index < -0.39 is 0 Å². The van der Waals surface area contributed by atoms with Crippen LogP contribution in [0.1, 0.15) is 20.3 Å². The van der Waals surface area contributed by atoms with Gasteiger partial charge in [-0.25, -0.2) is 4.98 Å². The Bertz CT molecular complexity index is 914. The minimum atomic E-state index is -0.0224. The van der Waals surface area contributed by atoms with Crippen molar-refractivity contribution in [3.8, 4) is 0 Å². The number of aromatic nitrogens is 2. The van der Waals surface area contributed by atoms with Crippen LogP contribution < -0.4 is 10.5 Å². The lowest BCUT2D eigenvalue weighted by molar-refractivity contribution is -0.133. The summed E-state index contributed by atoms with van der Waals surface area (Å²) >= 11 is 0. The molecule has 1 aromatic carbocycles. The Morgan fingerprint density at radius 3 is 2.48 bits per heavy atom. The van der Waals surface area contributed by atoms with E-state index in [0.717, 1.165) is 50.3 Å². The largest absolute Gasteiger partial charge is 0.369 e. The van der Waals surface area contributed by atoms with Crippen molar-refractivity contribution in [2.75, 3.05) is 37.6 Å². The lowest BCUT2D eigenvalue weighted by Crippen LogP contribution is -2.53. The first-order valence-corrected chi connectivity index (χ1v) is 9.70. The molecule has 2 aliphatic heterocycles. The van der Waals surface area contributed by atoms with Crippen LogP contribution in [-0.4, -0.2) is 70.1 Å². The first-order chi connectivity index (χ1) is 13.0. The van der Waals surface area contributed by atoms with Crippen LogP contribution in [-0.2, 0) is 11.8 Å². The molecule has 7 heteroatoms. The molecule has 144 valence electrons. The van der Waals surface area contributed by atoms with Crippen molar-refractivity contribution in [3.05, 3.63) is 34.9 Å². The van der Waals surface area contributed by atoms with Crippen molar-refractivity contribution < 1.29 is 4.79 Å². The normalized spacial score (nSPS) is 21.6. The quantitative estimate of drug-likeness (QED) is 0.810. The summed E-state index contributed by atoms with van der Waals surface area (Å²) < 4.78 is 1.50. The Morgan fingerprint density at radius 1 is 1.07 bits per heavy atom. The van der Waals surface area contributed by atoms with Crippen molar-refractivity contribution in [2.24, 2.45) is 7.05 Å². The molecule has 0 radical (unpaired) electrons. The second-order valence-corrected chi connectivity index (χ2v) is 7.81. The topological polar surface area (TPSA) is 61.7 Å². The minimum Gasteiger partial charge on any atom is -0.369 e. The highest BCUT2D eigenvalue weighted by Gasteiger charge is 2.37. The number of hydrogen-bond donors (Lipinski definition) is 0. The van der Waals surface area contributed by atoms with E-state index in [-0.39, 0.29) is 23.6 Å². The van der Waals surface area contributed by atoms with Crippen LogP contribution in [0.25, 0.3) is 10.9 Å². The zero-order valence-corrected chi connectivity index (χ0v) is 16.3. The van der Waals surface area contributed by atoms with E-state index >= 15 is 0 Å². The van der Waals surface area contributed by atoms with Crippen molar-refractivity contribution in [1.29, 1.82) is 0 Å². The molecule has 0 N–H and O–H groups in total. The summed E-state index contributed by atoms with van der Waals surface area (Å²) in [6, 6.07) is 6.18. The zero-order valence-electron chi connectivity index (χ0n) is 16.3. The maximum Gasteiger partial charge on any atom is 0.260 e. The Kier molecular flexibility index (Phi) is 4.63. The summed E-state index contributed by atoms with van der Waals surface area (Å²) in [4.78, 5) is 35.8. The molecule has 7 nitrogen and oxygen atoms in total. The van der Waals surface area contributed by atoms with Gasteiger partial charge < -0.3 is 14.4 Å². The van der Waals surface area contributed by atoms with Crippen molar-refractivity contribution in [2.45, 2.75) is 32.4 Å². The molecule has 1 amide bonds. The molecule has 1 atom stereocenters. The minimum absolute atomic E-state index is 0.0224. The third-order valence-electron chi connectivity index (χ3n) is 5.86. The summed E-state index contributed by atoms with van der Waals surface area (Å²) in [6.45, 7) is 8.55. The number of benzene rings is 1. The highest BCUT2D eigenvalue weighted by Crippen LogP contribution is 2.24. The Balaban J connectivity index is 1.45. The lowest BCUT2D eigenvalue weighted by Gasteiger charge is -2.38. The molecule has 0 spiro atoms. The number of anilines is 1. The number of likely N-dealkylation sites (tertiary alicyclic amines) is 1. The molecular formula is C20H27N5O2. The van der Waals surface area contributed by atoms with E-state index in [9.17, 15) is 9.59 Å². The average molecular weight is 369 g/mol. The first-order valence-electron chi connectivity index (χ1n) is 9.70. The molecule has 2 fully saturated rings. The molecular weight excluding hydrogens is 342 g/mol. The van der Waals surface area contributed by atoms with Gasteiger partial charge in [0, 0.05) is 51.5 Å². The van der Waals surface area contributed by atoms with Crippen molar-refractivity contribution in [1.82, 2.24) is 19.4 Å². The van der Waals surface area contributed by atoms with Gasteiger partial charge in [0.15, 0.2) is 0 Å². The summed E-state index contributed by atoms with van der Waals surface area (Å²) in [6.07, 6.45) is 2.50. The number of nitrogens with zero attached hydrogens (tertiary/aromatic N) is 5. The number of piperazine rings is 1. The molecule has 4 rings (SSSR count). The third-order valence-corrected chi connectivity index (χ3v) is 5.86. The second-order valence-electron chi connectivity index (χ2n) is 7.81. The smallest absolute Gasteiger partial charge is 0.260 e. The number of amides is 1. The van der Waals surface area contributed by atoms with Crippen LogP contribution in [0.4, 0.5) is 5.69 Å². The van der Waals surface area contributed by atoms with E-state index in [0.29, 0.717) is 5.39 Å². The maximum atomic E-state index is 12.6. The number of carbonyl (C=O) groups is 1. The van der Waals surface area contributed by atoms with E-state index in [1.807, 2.05) is 23.1 Å². The molecule has 2 saturated heterocycles. The van der Waals surface area contributed by atoms with Gasteiger partial charge in [0.05, 0.1) is 23.3 Å². The fourth-order valence-corrected chi connectivity index (χ4v) is 4.23. The van der Waals surface area contributed by atoms with Crippen LogP contribution >= 0.6 is 0 Å². The van der Waals surface area contributed by atoms with Crippen LogP contribution in [0.15, 0.2) is 29.3 Å². The van der Waals surface area contributed by atoms with Crippen LogP contribution in [0, 0.1) is 0 Å². The average Bonchev–Trinajstić information content (AvgIpc) is 3.06. The molecule has 2 aromatic rings. The Morgan fingerprint density at radius 2 is 1.81 bits per heavy atom. The number of fused-ring (bicyclic) bond motifs is 1. The number of aryl methyl sites for hydroxylation is 1. The standard InChI is InChI=1S/C20H27N5O2/c1-14(2)25-7-6-18(20(25)27)24-10-8-23(9-11-24)15-4-5-16-17(12-15)21-13-22(3)19(16)26/h4-5,12-14,18H,6-11H2,1-3H3. The molecule has 0 bridgehead atoms. The number of carbonyl (C=O) groups excluding carboxylic acids is 1. The fourth-order valence-electron chi connectivity index (χ4n) is 4.23. The van der Waals surface area contributed by atoms with Gasteiger partial charge in [-0.15, -0.1) is 0 Å². The molecule has 1 unspecified atom stereocenters. The fraction of sp³-hybridized carbons (Fsp3) is 0.550. The van der Waals surface area contributed by atoms with Crippen LogP contribution in [0.3, 0.4) is 0 Å². The zero-order chi connectivity index (χ0) is 19.1. The van der Waals surface area contributed by atoms with Gasteiger partial charge in [-0.3, -0.25) is 14.5 Å². The number of rotatable bonds is 3. The van der Waals surface area contributed by atoms with Gasteiger partial charge >= 0.3 is 0 Å². The monoisotopic (exact) mass is 369 g/mol. The molecule has 0 aliphatic carbocycles. The highest BCUT2D eigenvalue weighted by atomic mass is 16.2. The molecule has 1 aromatic heterocycles. The highest BCUT2D eigenvalue weighted by molar-refractivity contribution is 5.84. The van der Waals surface area contributed by atoms with E-state index in [1.54, 1.807) is 13.4 Å². The lowest BCUT2D eigenvalue weighted by atomic mass is 10.1. The predicted molar refractivity (Wildman–Crippen MR) is 106 cm³/mol. The first kappa shape index (κ1) is 18.0. The van der Waals surface area contributed by atoms with E-state index in [4.69, 9.17) is 0 Å². The Hall–Kier alpha value is -2.41. The molecule has 0 saturated carbocycles. The van der Waals surface area contributed by atoms with Gasteiger partial charge in [0.1, 0.15) is 0 Å². The molecule has 2 aliphatic rings. The predicted octanol–water partition coefficient (Wildman–Crippen LogP) is 1.06. The van der Waals surface area contributed by atoms with E-state index in [1.165, 1.54) is 4.57 Å².